The summed E-state index contributed by atoms with van der Waals surface area (Å²) < 4.78 is 0. The molecule has 17 heavy (non-hydrogen) atoms. The number of hydrogen-bond donors (Lipinski definition) is 2. The van der Waals surface area contributed by atoms with Crippen LogP contribution in [0.25, 0.3) is 0 Å². The molecular weight excluding hydrogens is 214 g/mol. The molecule has 0 aromatic rings. The van der Waals surface area contributed by atoms with Gasteiger partial charge in [0.2, 0.25) is 0 Å². The first-order valence-corrected chi connectivity index (χ1v) is 7.06. The highest BCUT2D eigenvalue weighted by Crippen LogP contribution is 2.29. The molecule has 2 atom stereocenters. The Morgan fingerprint density at radius 1 is 1.35 bits per heavy atom. The summed E-state index contributed by atoms with van der Waals surface area (Å²) in [6, 6.07) is 0. The van der Waals surface area contributed by atoms with Crippen molar-refractivity contribution in [1.29, 1.82) is 0 Å². The zero-order valence-corrected chi connectivity index (χ0v) is 11.0. The predicted molar refractivity (Wildman–Crippen MR) is 69.8 cm³/mol. The molecule has 0 heterocycles. The number of aliphatic carboxylic acids is 1. The van der Waals surface area contributed by atoms with Crippen LogP contribution >= 0.6 is 0 Å². The van der Waals surface area contributed by atoms with E-state index in [0.29, 0.717) is 5.92 Å². The van der Waals surface area contributed by atoms with Crippen molar-refractivity contribution in [3.8, 4) is 0 Å². The molecule has 0 spiro atoms. The standard InChI is InChI=1S/C14H27NO2/c1-11(9-13(10-15)14(16)17)7-8-12-5-3-2-4-6-12/h11-13H,2-10,15H2,1H3,(H,16,17). The summed E-state index contributed by atoms with van der Waals surface area (Å²) in [7, 11) is 0. The molecule has 0 saturated heterocycles. The molecule has 1 fully saturated rings. The predicted octanol–water partition coefficient (Wildman–Crippen LogP) is 3.03. The molecule has 100 valence electrons. The Morgan fingerprint density at radius 2 is 2.00 bits per heavy atom. The molecule has 0 radical (unpaired) electrons. The lowest BCUT2D eigenvalue weighted by atomic mass is 9.83. The van der Waals surface area contributed by atoms with Crippen LogP contribution in [0.4, 0.5) is 0 Å². The molecule has 3 N–H and O–H groups in total. The lowest BCUT2D eigenvalue weighted by Gasteiger charge is -2.23. The molecule has 3 nitrogen and oxygen atoms in total. The van der Waals surface area contributed by atoms with E-state index in [4.69, 9.17) is 10.8 Å². The van der Waals surface area contributed by atoms with Crippen LogP contribution in [0.3, 0.4) is 0 Å². The Labute approximate surface area is 105 Å². The Hall–Kier alpha value is -0.570. The maximum absolute atomic E-state index is 10.9. The quantitative estimate of drug-likeness (QED) is 0.720. The maximum atomic E-state index is 10.9. The van der Waals surface area contributed by atoms with Gasteiger partial charge >= 0.3 is 5.97 Å². The fraction of sp³-hybridized carbons (Fsp3) is 0.929. The first-order valence-electron chi connectivity index (χ1n) is 7.06. The van der Waals surface area contributed by atoms with Gasteiger partial charge in [-0.1, -0.05) is 51.9 Å². The van der Waals surface area contributed by atoms with Crippen molar-refractivity contribution >= 4 is 5.97 Å². The zero-order valence-electron chi connectivity index (χ0n) is 11.0. The van der Waals surface area contributed by atoms with E-state index in [2.05, 4.69) is 6.92 Å². The fourth-order valence-electron chi connectivity index (χ4n) is 2.90. The maximum Gasteiger partial charge on any atom is 0.307 e. The first-order chi connectivity index (χ1) is 8.13. The summed E-state index contributed by atoms with van der Waals surface area (Å²) in [5.41, 5.74) is 5.48. The van der Waals surface area contributed by atoms with Crippen LogP contribution in [0.2, 0.25) is 0 Å². The molecule has 1 aliphatic carbocycles. The molecule has 1 rings (SSSR count). The smallest absolute Gasteiger partial charge is 0.307 e. The second-order valence-electron chi connectivity index (χ2n) is 5.69. The number of carbonyl (C=O) groups is 1. The summed E-state index contributed by atoms with van der Waals surface area (Å²) in [6.45, 7) is 2.43. The molecular formula is C14H27NO2. The van der Waals surface area contributed by atoms with Gasteiger partial charge in [0.25, 0.3) is 0 Å². The minimum absolute atomic E-state index is 0.267. The Kier molecular flexibility index (Phi) is 6.56. The summed E-state index contributed by atoms with van der Waals surface area (Å²) in [5.74, 6) is 0.294. The van der Waals surface area contributed by atoms with Crippen LogP contribution in [-0.4, -0.2) is 17.6 Å². The minimum atomic E-state index is -0.739. The topological polar surface area (TPSA) is 63.3 Å². The fourth-order valence-corrected chi connectivity index (χ4v) is 2.90. The van der Waals surface area contributed by atoms with Crippen LogP contribution in [0.15, 0.2) is 0 Å². The van der Waals surface area contributed by atoms with E-state index in [0.717, 1.165) is 18.8 Å². The molecule has 3 heteroatoms. The van der Waals surface area contributed by atoms with E-state index in [-0.39, 0.29) is 12.5 Å². The highest BCUT2D eigenvalue weighted by Gasteiger charge is 2.20. The van der Waals surface area contributed by atoms with Gasteiger partial charge in [0.1, 0.15) is 0 Å². The van der Waals surface area contributed by atoms with Gasteiger partial charge in [-0.15, -0.1) is 0 Å². The average Bonchev–Trinajstić information content (AvgIpc) is 2.34. The lowest BCUT2D eigenvalue weighted by molar-refractivity contribution is -0.141. The zero-order chi connectivity index (χ0) is 12.7. The van der Waals surface area contributed by atoms with E-state index in [1.54, 1.807) is 0 Å². The molecule has 0 bridgehead atoms. The monoisotopic (exact) mass is 241 g/mol. The third kappa shape index (κ3) is 5.53. The summed E-state index contributed by atoms with van der Waals surface area (Å²) in [5, 5.41) is 8.96. The second-order valence-corrected chi connectivity index (χ2v) is 5.69. The number of rotatable bonds is 7. The van der Waals surface area contributed by atoms with E-state index in [1.807, 2.05) is 0 Å². The molecule has 0 aliphatic heterocycles. The van der Waals surface area contributed by atoms with Crippen LogP contribution in [-0.2, 0) is 4.79 Å². The van der Waals surface area contributed by atoms with Crippen LogP contribution in [0, 0.1) is 17.8 Å². The van der Waals surface area contributed by atoms with Gasteiger partial charge in [-0.05, 0) is 18.3 Å². The van der Waals surface area contributed by atoms with E-state index in [9.17, 15) is 4.79 Å². The van der Waals surface area contributed by atoms with Crippen LogP contribution in [0.1, 0.15) is 58.3 Å². The highest BCUT2D eigenvalue weighted by atomic mass is 16.4. The molecule has 0 aromatic carbocycles. The largest absolute Gasteiger partial charge is 0.481 e. The minimum Gasteiger partial charge on any atom is -0.481 e. The van der Waals surface area contributed by atoms with Gasteiger partial charge in [-0.2, -0.15) is 0 Å². The summed E-state index contributed by atoms with van der Waals surface area (Å²) >= 11 is 0. The second kappa shape index (κ2) is 7.70. The van der Waals surface area contributed by atoms with Crippen molar-refractivity contribution < 1.29 is 9.90 Å². The summed E-state index contributed by atoms with van der Waals surface area (Å²) in [4.78, 5) is 10.9. The van der Waals surface area contributed by atoms with Gasteiger partial charge in [-0.3, -0.25) is 4.79 Å². The van der Waals surface area contributed by atoms with E-state index >= 15 is 0 Å². The SMILES string of the molecule is CC(CCC1CCCCC1)CC(CN)C(=O)O. The van der Waals surface area contributed by atoms with Crippen molar-refractivity contribution in [2.75, 3.05) is 6.54 Å². The highest BCUT2D eigenvalue weighted by molar-refractivity contribution is 5.70. The number of carboxylic acid groups (broad SMARTS) is 1. The van der Waals surface area contributed by atoms with Gasteiger partial charge in [0.05, 0.1) is 5.92 Å². The van der Waals surface area contributed by atoms with Crippen molar-refractivity contribution in [2.24, 2.45) is 23.5 Å². The van der Waals surface area contributed by atoms with Gasteiger partial charge in [-0.25, -0.2) is 0 Å². The molecule has 0 amide bonds. The van der Waals surface area contributed by atoms with Gasteiger partial charge in [0, 0.05) is 6.54 Å². The normalized spacial score (nSPS) is 21.1. The number of carboxylic acids is 1. The molecule has 1 saturated carbocycles. The third-order valence-corrected chi connectivity index (χ3v) is 4.11. The van der Waals surface area contributed by atoms with Crippen molar-refractivity contribution in [1.82, 2.24) is 0 Å². The molecule has 1 aliphatic rings. The van der Waals surface area contributed by atoms with E-state index in [1.165, 1.54) is 38.5 Å². The number of hydrogen-bond acceptors (Lipinski definition) is 2. The summed E-state index contributed by atoms with van der Waals surface area (Å²) in [6.07, 6.45) is 10.1. The Balaban J connectivity index is 2.19. The van der Waals surface area contributed by atoms with Gasteiger partial charge in [0.15, 0.2) is 0 Å². The van der Waals surface area contributed by atoms with Crippen molar-refractivity contribution in [2.45, 2.75) is 58.3 Å². The van der Waals surface area contributed by atoms with E-state index < -0.39 is 5.97 Å². The van der Waals surface area contributed by atoms with Crippen molar-refractivity contribution in [3.05, 3.63) is 0 Å². The Bertz CT molecular complexity index is 224. The van der Waals surface area contributed by atoms with Crippen LogP contribution < -0.4 is 5.73 Å². The number of nitrogens with two attached hydrogens (primary N) is 1. The lowest BCUT2D eigenvalue weighted by Crippen LogP contribution is -2.25. The van der Waals surface area contributed by atoms with Crippen LogP contribution in [0.5, 0.6) is 0 Å². The third-order valence-electron chi connectivity index (χ3n) is 4.11. The molecule has 2 unspecified atom stereocenters. The van der Waals surface area contributed by atoms with Gasteiger partial charge < -0.3 is 10.8 Å². The molecule has 0 aromatic heterocycles. The van der Waals surface area contributed by atoms with Crippen molar-refractivity contribution in [3.63, 3.8) is 0 Å². The first kappa shape index (κ1) is 14.5. The average molecular weight is 241 g/mol. The Morgan fingerprint density at radius 3 is 2.53 bits per heavy atom.